The van der Waals surface area contributed by atoms with Crippen molar-refractivity contribution in [3.63, 3.8) is 0 Å². The monoisotopic (exact) mass is 421 g/mol. The van der Waals surface area contributed by atoms with Crippen molar-refractivity contribution in [2.75, 3.05) is 18.2 Å². The first-order valence-electron chi connectivity index (χ1n) is 9.09. The van der Waals surface area contributed by atoms with Gasteiger partial charge in [-0.05, 0) is 61.2 Å². The van der Waals surface area contributed by atoms with Crippen LogP contribution in [0.4, 0.5) is 10.1 Å². The summed E-state index contributed by atoms with van der Waals surface area (Å²) in [6.45, 7) is 3.33. The average Bonchev–Trinajstić information content (AvgIpc) is 2.68. The second kappa shape index (κ2) is 9.65. The molecule has 6 nitrogen and oxygen atoms in total. The van der Waals surface area contributed by atoms with Crippen molar-refractivity contribution >= 4 is 27.4 Å². The number of benzene rings is 2. The maximum absolute atomic E-state index is 13.4. The Kier molecular flexibility index (Phi) is 7.50. The smallest absolute Gasteiger partial charge is 0.305 e. The van der Waals surface area contributed by atoms with Crippen molar-refractivity contribution in [2.24, 2.45) is 5.92 Å². The number of sulfone groups is 1. The van der Waals surface area contributed by atoms with E-state index in [9.17, 15) is 22.4 Å². The van der Waals surface area contributed by atoms with E-state index in [2.05, 4.69) is 10.1 Å². The number of aryl methyl sites for hydroxylation is 1. The third-order valence-corrected chi connectivity index (χ3v) is 6.42. The summed E-state index contributed by atoms with van der Waals surface area (Å²) in [5.41, 5.74) is 0.980. The first-order valence-corrected chi connectivity index (χ1v) is 10.7. The summed E-state index contributed by atoms with van der Waals surface area (Å²) in [4.78, 5) is 23.7. The van der Waals surface area contributed by atoms with Gasteiger partial charge in [0.1, 0.15) is 5.82 Å². The number of esters is 1. The van der Waals surface area contributed by atoms with Gasteiger partial charge in [-0.3, -0.25) is 9.59 Å². The lowest BCUT2D eigenvalue weighted by atomic mass is 10.1. The fraction of sp³-hybridized carbons (Fsp3) is 0.333. The van der Waals surface area contributed by atoms with Crippen LogP contribution in [0.3, 0.4) is 0 Å². The van der Waals surface area contributed by atoms with Gasteiger partial charge >= 0.3 is 5.97 Å². The molecule has 2 aromatic rings. The Balaban J connectivity index is 2.11. The summed E-state index contributed by atoms with van der Waals surface area (Å²) < 4.78 is 43.3. The number of ether oxygens (including phenoxy) is 1. The zero-order valence-corrected chi connectivity index (χ0v) is 17.4. The maximum atomic E-state index is 13.4. The van der Waals surface area contributed by atoms with Crippen molar-refractivity contribution in [3.05, 3.63) is 59.4 Å². The standard InChI is InChI=1S/C21H24FNO5S/c1-14(7-10-20(24)28-3)13-29(26,27)18-6-4-5-16(12-18)21(25)23-17-8-9-19(22)15(2)11-17/h4-6,8-9,11-12,14H,7,10,13H2,1-3H3,(H,23,25). The number of carbonyl (C=O) groups is 2. The molecular formula is C21H24FNO5S. The first kappa shape index (κ1) is 22.5. The third kappa shape index (κ3) is 6.39. The molecule has 0 aliphatic rings. The molecule has 0 radical (unpaired) electrons. The zero-order chi connectivity index (χ0) is 21.6. The molecule has 0 saturated heterocycles. The largest absolute Gasteiger partial charge is 0.469 e. The quantitative estimate of drug-likeness (QED) is 0.656. The third-order valence-electron chi connectivity index (χ3n) is 4.44. The van der Waals surface area contributed by atoms with Crippen LogP contribution < -0.4 is 5.32 Å². The summed E-state index contributed by atoms with van der Waals surface area (Å²) in [5.74, 6) is -1.65. The summed E-state index contributed by atoms with van der Waals surface area (Å²) in [6, 6.07) is 9.93. The highest BCUT2D eigenvalue weighted by Gasteiger charge is 2.21. The molecule has 0 heterocycles. The number of methoxy groups -OCH3 is 1. The van der Waals surface area contributed by atoms with Crippen LogP contribution in [0.25, 0.3) is 0 Å². The van der Waals surface area contributed by atoms with E-state index in [1.54, 1.807) is 13.8 Å². The normalized spacial score (nSPS) is 12.3. The van der Waals surface area contributed by atoms with E-state index in [1.165, 1.54) is 49.6 Å². The van der Waals surface area contributed by atoms with Gasteiger partial charge in [0.25, 0.3) is 5.91 Å². The van der Waals surface area contributed by atoms with Crippen molar-refractivity contribution in [3.8, 4) is 0 Å². The summed E-state index contributed by atoms with van der Waals surface area (Å²) in [7, 11) is -2.35. The van der Waals surface area contributed by atoms with Gasteiger partial charge in [0.15, 0.2) is 9.84 Å². The highest BCUT2D eigenvalue weighted by Crippen LogP contribution is 2.20. The Morgan fingerprint density at radius 2 is 1.90 bits per heavy atom. The number of amides is 1. The number of hydrogen-bond donors (Lipinski definition) is 1. The van der Waals surface area contributed by atoms with Crippen LogP contribution in [0, 0.1) is 18.7 Å². The van der Waals surface area contributed by atoms with Gasteiger partial charge in [0.2, 0.25) is 0 Å². The minimum absolute atomic E-state index is 0.0327. The van der Waals surface area contributed by atoms with Crippen LogP contribution in [0.1, 0.15) is 35.7 Å². The Morgan fingerprint density at radius 3 is 2.55 bits per heavy atom. The number of nitrogens with one attached hydrogen (secondary N) is 1. The van der Waals surface area contributed by atoms with Gasteiger partial charge in [-0.1, -0.05) is 13.0 Å². The highest BCUT2D eigenvalue weighted by atomic mass is 32.2. The zero-order valence-electron chi connectivity index (χ0n) is 16.6. The molecule has 2 rings (SSSR count). The molecule has 0 bridgehead atoms. The molecule has 0 aromatic heterocycles. The van der Waals surface area contributed by atoms with Crippen LogP contribution in [-0.4, -0.2) is 33.2 Å². The van der Waals surface area contributed by atoms with E-state index in [-0.39, 0.29) is 40.3 Å². The second-order valence-electron chi connectivity index (χ2n) is 6.95. The topological polar surface area (TPSA) is 89.5 Å². The van der Waals surface area contributed by atoms with Gasteiger partial charge in [-0.2, -0.15) is 0 Å². The van der Waals surface area contributed by atoms with Gasteiger partial charge in [0.05, 0.1) is 17.8 Å². The number of rotatable bonds is 8. The molecule has 8 heteroatoms. The fourth-order valence-electron chi connectivity index (χ4n) is 2.78. The molecule has 0 saturated carbocycles. The fourth-order valence-corrected chi connectivity index (χ4v) is 4.48. The lowest BCUT2D eigenvalue weighted by Gasteiger charge is -2.12. The first-order chi connectivity index (χ1) is 13.6. The Morgan fingerprint density at radius 1 is 1.17 bits per heavy atom. The van der Waals surface area contributed by atoms with Crippen molar-refractivity contribution in [1.82, 2.24) is 0 Å². The predicted octanol–water partition coefficient (Wildman–Crippen LogP) is 3.75. The minimum Gasteiger partial charge on any atom is -0.469 e. The molecule has 2 aromatic carbocycles. The van der Waals surface area contributed by atoms with E-state index in [1.807, 2.05) is 0 Å². The van der Waals surface area contributed by atoms with Gasteiger partial charge in [-0.25, -0.2) is 12.8 Å². The number of anilines is 1. The van der Waals surface area contributed by atoms with Gasteiger partial charge in [0, 0.05) is 17.7 Å². The second-order valence-corrected chi connectivity index (χ2v) is 8.98. The van der Waals surface area contributed by atoms with Crippen LogP contribution in [-0.2, 0) is 19.4 Å². The molecule has 0 fully saturated rings. The minimum atomic E-state index is -3.64. The molecule has 1 N–H and O–H groups in total. The Bertz CT molecular complexity index is 1000. The Labute approximate surface area is 170 Å². The van der Waals surface area contributed by atoms with Gasteiger partial charge in [-0.15, -0.1) is 0 Å². The van der Waals surface area contributed by atoms with E-state index in [4.69, 9.17) is 0 Å². The summed E-state index contributed by atoms with van der Waals surface area (Å²) >= 11 is 0. The van der Waals surface area contributed by atoms with E-state index < -0.39 is 15.7 Å². The molecule has 1 amide bonds. The molecule has 1 unspecified atom stereocenters. The van der Waals surface area contributed by atoms with E-state index >= 15 is 0 Å². The molecular weight excluding hydrogens is 397 g/mol. The van der Waals surface area contributed by atoms with Crippen molar-refractivity contribution < 1.29 is 27.1 Å². The van der Waals surface area contributed by atoms with Gasteiger partial charge < -0.3 is 10.1 Å². The van der Waals surface area contributed by atoms with Crippen LogP contribution >= 0.6 is 0 Å². The lowest BCUT2D eigenvalue weighted by molar-refractivity contribution is -0.140. The summed E-state index contributed by atoms with van der Waals surface area (Å²) in [5, 5.41) is 2.63. The SMILES string of the molecule is COC(=O)CCC(C)CS(=O)(=O)c1cccc(C(=O)Nc2ccc(F)c(C)c2)c1. The molecule has 0 spiro atoms. The van der Waals surface area contributed by atoms with Crippen LogP contribution in [0.15, 0.2) is 47.4 Å². The van der Waals surface area contributed by atoms with E-state index in [0.717, 1.165) is 0 Å². The van der Waals surface area contributed by atoms with E-state index in [0.29, 0.717) is 17.7 Å². The molecule has 0 aliphatic heterocycles. The lowest BCUT2D eigenvalue weighted by Crippen LogP contribution is -2.17. The number of hydrogen-bond acceptors (Lipinski definition) is 5. The predicted molar refractivity (Wildman–Crippen MR) is 108 cm³/mol. The average molecular weight is 421 g/mol. The number of carbonyl (C=O) groups excluding carboxylic acids is 2. The van der Waals surface area contributed by atoms with Crippen LogP contribution in [0.5, 0.6) is 0 Å². The Hall–Kier alpha value is -2.74. The summed E-state index contributed by atoms with van der Waals surface area (Å²) in [6.07, 6.45) is 0.530. The van der Waals surface area contributed by atoms with Crippen molar-refractivity contribution in [2.45, 2.75) is 31.6 Å². The van der Waals surface area contributed by atoms with Crippen LogP contribution in [0.2, 0.25) is 0 Å². The molecule has 0 aliphatic carbocycles. The molecule has 156 valence electrons. The van der Waals surface area contributed by atoms with Crippen molar-refractivity contribution in [1.29, 1.82) is 0 Å². The number of halogens is 1. The highest BCUT2D eigenvalue weighted by molar-refractivity contribution is 7.91. The molecule has 1 atom stereocenters. The maximum Gasteiger partial charge on any atom is 0.305 e. The molecule has 29 heavy (non-hydrogen) atoms.